The van der Waals surface area contributed by atoms with Crippen LogP contribution in [0.1, 0.15) is 6.42 Å². The van der Waals surface area contributed by atoms with E-state index in [1.54, 1.807) is 24.3 Å². The number of aliphatic hydroxyl groups is 1. The van der Waals surface area contributed by atoms with Crippen LogP contribution >= 0.6 is 23.4 Å². The van der Waals surface area contributed by atoms with Gasteiger partial charge in [-0.3, -0.25) is 4.79 Å². The van der Waals surface area contributed by atoms with E-state index in [-0.39, 0.29) is 24.6 Å². The Labute approximate surface area is 125 Å². The van der Waals surface area contributed by atoms with E-state index < -0.39 is 18.1 Å². The molecule has 2 atom stereocenters. The van der Waals surface area contributed by atoms with Crippen LogP contribution in [0.25, 0.3) is 0 Å². The molecule has 1 aromatic carbocycles. The molecule has 0 spiro atoms. The number of carboxylic acids is 1. The number of carbonyl (C=O) groups is 2. The van der Waals surface area contributed by atoms with Crippen molar-refractivity contribution in [2.45, 2.75) is 23.5 Å². The molecule has 1 aliphatic rings. The first-order valence-electron chi connectivity index (χ1n) is 6.06. The van der Waals surface area contributed by atoms with Gasteiger partial charge in [0.25, 0.3) is 0 Å². The number of aliphatic carboxylic acids is 1. The zero-order chi connectivity index (χ0) is 14.7. The highest BCUT2D eigenvalue weighted by Crippen LogP contribution is 2.23. The SMILES string of the molecule is O=C(O)C1CC(O)CN1C(=O)CSc1ccc(Cl)cc1. The Hall–Kier alpha value is -1.24. The first-order chi connectivity index (χ1) is 9.47. The lowest BCUT2D eigenvalue weighted by Gasteiger charge is -2.20. The Kier molecular flexibility index (Phi) is 4.91. The molecule has 5 nitrogen and oxygen atoms in total. The Morgan fingerprint density at radius 2 is 2.00 bits per heavy atom. The summed E-state index contributed by atoms with van der Waals surface area (Å²) in [4.78, 5) is 25.2. The van der Waals surface area contributed by atoms with Gasteiger partial charge in [-0.25, -0.2) is 4.79 Å². The van der Waals surface area contributed by atoms with Gasteiger partial charge in [-0.1, -0.05) is 11.6 Å². The van der Waals surface area contributed by atoms with Crippen molar-refractivity contribution >= 4 is 35.2 Å². The Morgan fingerprint density at radius 3 is 2.60 bits per heavy atom. The summed E-state index contributed by atoms with van der Waals surface area (Å²) in [7, 11) is 0. The second kappa shape index (κ2) is 6.47. The standard InChI is InChI=1S/C13H14ClNO4S/c14-8-1-3-10(4-2-8)20-7-12(17)15-6-9(16)5-11(15)13(18)19/h1-4,9,11,16H,5-7H2,(H,18,19). The maximum Gasteiger partial charge on any atom is 0.326 e. The minimum Gasteiger partial charge on any atom is -0.480 e. The van der Waals surface area contributed by atoms with Gasteiger partial charge in [0.1, 0.15) is 6.04 Å². The van der Waals surface area contributed by atoms with E-state index in [0.717, 1.165) is 4.90 Å². The van der Waals surface area contributed by atoms with Gasteiger partial charge in [-0.2, -0.15) is 0 Å². The zero-order valence-electron chi connectivity index (χ0n) is 10.5. The average molecular weight is 316 g/mol. The van der Waals surface area contributed by atoms with Crippen molar-refractivity contribution in [2.75, 3.05) is 12.3 Å². The van der Waals surface area contributed by atoms with E-state index in [4.69, 9.17) is 16.7 Å². The highest BCUT2D eigenvalue weighted by atomic mass is 35.5. The average Bonchev–Trinajstić information content (AvgIpc) is 2.80. The first kappa shape index (κ1) is 15.2. The molecule has 1 heterocycles. The number of carbonyl (C=O) groups excluding carboxylic acids is 1. The second-order valence-corrected chi connectivity index (χ2v) is 6.02. The molecule has 1 amide bonds. The van der Waals surface area contributed by atoms with Crippen LogP contribution in [0.4, 0.5) is 0 Å². The van der Waals surface area contributed by atoms with Crippen molar-refractivity contribution in [2.24, 2.45) is 0 Å². The van der Waals surface area contributed by atoms with E-state index >= 15 is 0 Å². The number of likely N-dealkylation sites (tertiary alicyclic amines) is 1. The molecule has 0 radical (unpaired) electrons. The van der Waals surface area contributed by atoms with Gasteiger partial charge in [0.2, 0.25) is 5.91 Å². The fraction of sp³-hybridized carbons (Fsp3) is 0.385. The van der Waals surface area contributed by atoms with Crippen LogP contribution in [0, 0.1) is 0 Å². The second-order valence-electron chi connectivity index (χ2n) is 4.53. The molecular formula is C13H14ClNO4S. The molecule has 0 aromatic heterocycles. The van der Waals surface area contributed by atoms with Gasteiger partial charge in [0.15, 0.2) is 0 Å². The summed E-state index contributed by atoms with van der Waals surface area (Å²) < 4.78 is 0. The molecule has 0 saturated carbocycles. The highest BCUT2D eigenvalue weighted by Gasteiger charge is 2.38. The number of hydrogen-bond acceptors (Lipinski definition) is 4. The molecule has 2 rings (SSSR count). The van der Waals surface area contributed by atoms with Gasteiger partial charge >= 0.3 is 5.97 Å². The molecule has 0 aliphatic carbocycles. The summed E-state index contributed by atoms with van der Waals surface area (Å²) in [5.74, 6) is -1.22. The third kappa shape index (κ3) is 3.65. The van der Waals surface area contributed by atoms with Gasteiger partial charge in [-0.05, 0) is 24.3 Å². The number of hydrogen-bond donors (Lipinski definition) is 2. The van der Waals surface area contributed by atoms with Crippen molar-refractivity contribution in [1.29, 1.82) is 0 Å². The maximum atomic E-state index is 12.1. The molecule has 1 aromatic rings. The Bertz CT molecular complexity index is 508. The van der Waals surface area contributed by atoms with Crippen LogP contribution in [-0.4, -0.2) is 51.4 Å². The predicted octanol–water partition coefficient (Wildman–Crippen LogP) is 1.48. The molecule has 20 heavy (non-hydrogen) atoms. The van der Waals surface area contributed by atoms with Crippen LogP contribution in [0.15, 0.2) is 29.2 Å². The molecule has 2 unspecified atom stereocenters. The summed E-state index contributed by atoms with van der Waals surface area (Å²) in [5, 5.41) is 19.2. The summed E-state index contributed by atoms with van der Waals surface area (Å²) in [6.07, 6.45) is -0.673. The maximum absolute atomic E-state index is 12.1. The van der Waals surface area contributed by atoms with Crippen molar-refractivity contribution < 1.29 is 19.8 Å². The third-order valence-electron chi connectivity index (χ3n) is 3.06. The van der Waals surface area contributed by atoms with E-state index in [2.05, 4.69) is 0 Å². The smallest absolute Gasteiger partial charge is 0.326 e. The van der Waals surface area contributed by atoms with Gasteiger partial charge in [0.05, 0.1) is 11.9 Å². The molecule has 2 N–H and O–H groups in total. The number of carboxylic acid groups (broad SMARTS) is 1. The van der Waals surface area contributed by atoms with E-state index in [0.29, 0.717) is 5.02 Å². The van der Waals surface area contributed by atoms with E-state index in [1.807, 2.05) is 0 Å². The number of amides is 1. The molecular weight excluding hydrogens is 302 g/mol. The fourth-order valence-corrected chi connectivity index (χ4v) is 2.99. The zero-order valence-corrected chi connectivity index (χ0v) is 12.1. The van der Waals surface area contributed by atoms with Gasteiger partial charge in [-0.15, -0.1) is 11.8 Å². The largest absolute Gasteiger partial charge is 0.480 e. The molecule has 1 saturated heterocycles. The van der Waals surface area contributed by atoms with Gasteiger partial charge in [0, 0.05) is 22.9 Å². The Morgan fingerprint density at radius 1 is 1.35 bits per heavy atom. The number of rotatable bonds is 4. The number of nitrogens with zero attached hydrogens (tertiary/aromatic N) is 1. The molecule has 1 aliphatic heterocycles. The monoisotopic (exact) mass is 315 g/mol. The molecule has 7 heteroatoms. The molecule has 1 fully saturated rings. The number of benzene rings is 1. The summed E-state index contributed by atoms with van der Waals surface area (Å²) in [5.41, 5.74) is 0. The quantitative estimate of drug-likeness (QED) is 0.823. The fourth-order valence-electron chi connectivity index (χ4n) is 2.08. The van der Waals surface area contributed by atoms with Crippen molar-refractivity contribution in [3.63, 3.8) is 0 Å². The van der Waals surface area contributed by atoms with Crippen molar-refractivity contribution in [3.8, 4) is 0 Å². The number of thioether (sulfide) groups is 1. The molecule has 0 bridgehead atoms. The number of aliphatic hydroxyl groups excluding tert-OH is 1. The topological polar surface area (TPSA) is 77.8 Å². The van der Waals surface area contributed by atoms with Crippen LogP contribution in [0.3, 0.4) is 0 Å². The summed E-state index contributed by atoms with van der Waals surface area (Å²) >= 11 is 7.09. The van der Waals surface area contributed by atoms with Crippen LogP contribution in [-0.2, 0) is 9.59 Å². The summed E-state index contributed by atoms with van der Waals surface area (Å²) in [6.45, 7) is 0.0803. The van der Waals surface area contributed by atoms with E-state index in [1.165, 1.54) is 16.7 Å². The van der Waals surface area contributed by atoms with Crippen LogP contribution in [0.5, 0.6) is 0 Å². The lowest BCUT2D eigenvalue weighted by molar-refractivity contribution is -0.147. The van der Waals surface area contributed by atoms with Crippen molar-refractivity contribution in [1.82, 2.24) is 4.90 Å². The Balaban J connectivity index is 1.94. The third-order valence-corrected chi connectivity index (χ3v) is 4.31. The number of halogens is 1. The normalized spacial score (nSPS) is 22.0. The van der Waals surface area contributed by atoms with Gasteiger partial charge < -0.3 is 15.1 Å². The lowest BCUT2D eigenvalue weighted by Crippen LogP contribution is -2.41. The predicted molar refractivity (Wildman–Crippen MR) is 75.9 cm³/mol. The van der Waals surface area contributed by atoms with Crippen LogP contribution in [0.2, 0.25) is 5.02 Å². The molecule has 108 valence electrons. The lowest BCUT2D eigenvalue weighted by atomic mass is 10.2. The van der Waals surface area contributed by atoms with E-state index in [9.17, 15) is 14.7 Å². The first-order valence-corrected chi connectivity index (χ1v) is 7.42. The minimum atomic E-state index is -1.08. The number of β-amino-alcohol motifs (C(OH)–C–C–N with tert-alkyl or cyclic N) is 1. The summed E-state index contributed by atoms with van der Waals surface area (Å²) in [6, 6.07) is 6.13. The minimum absolute atomic E-state index is 0.0803. The van der Waals surface area contributed by atoms with Crippen LogP contribution < -0.4 is 0 Å². The highest BCUT2D eigenvalue weighted by molar-refractivity contribution is 8.00. The van der Waals surface area contributed by atoms with Crippen molar-refractivity contribution in [3.05, 3.63) is 29.3 Å².